The van der Waals surface area contributed by atoms with E-state index in [9.17, 15) is 10.1 Å². The second kappa shape index (κ2) is 6.63. The van der Waals surface area contributed by atoms with Gasteiger partial charge in [0.15, 0.2) is 11.7 Å². The van der Waals surface area contributed by atoms with Crippen molar-refractivity contribution < 1.29 is 4.79 Å². The fourth-order valence-electron chi connectivity index (χ4n) is 2.28. The molecule has 0 aliphatic heterocycles. The summed E-state index contributed by atoms with van der Waals surface area (Å²) in [4.78, 5) is 24.2. The Labute approximate surface area is 137 Å². The number of aromatic nitrogens is 3. The Balaban J connectivity index is 1.90. The third kappa shape index (κ3) is 3.10. The smallest absolute Gasteiger partial charge is 0.189 e. The first-order chi connectivity index (χ1) is 11.2. The second-order valence-corrected chi connectivity index (χ2v) is 6.17. The van der Waals surface area contributed by atoms with E-state index in [1.54, 1.807) is 23.9 Å². The van der Waals surface area contributed by atoms with Crippen LogP contribution in [0.1, 0.15) is 29.0 Å². The molecule has 1 aromatic carbocycles. The quantitative estimate of drug-likeness (QED) is 0.573. The summed E-state index contributed by atoms with van der Waals surface area (Å²) in [5.41, 5.74) is 1.96. The highest BCUT2D eigenvalue weighted by Crippen LogP contribution is 2.22. The number of para-hydroxylation sites is 2. The number of Topliss-reactive ketones (excluding diaryl/α,β-unsaturated/α-hetero) is 1. The summed E-state index contributed by atoms with van der Waals surface area (Å²) in [7, 11) is 0. The summed E-state index contributed by atoms with van der Waals surface area (Å²) in [5, 5.41) is 10.3. The van der Waals surface area contributed by atoms with Gasteiger partial charge in [-0.3, -0.25) is 4.79 Å². The van der Waals surface area contributed by atoms with Crippen molar-refractivity contribution in [1.82, 2.24) is 15.0 Å². The maximum atomic E-state index is 12.6. The van der Waals surface area contributed by atoms with Crippen LogP contribution in [0.5, 0.6) is 0 Å². The van der Waals surface area contributed by atoms with Crippen molar-refractivity contribution in [3.63, 3.8) is 0 Å². The van der Waals surface area contributed by atoms with Crippen LogP contribution < -0.4 is 0 Å². The van der Waals surface area contributed by atoms with E-state index in [0.717, 1.165) is 21.8 Å². The number of fused-ring (bicyclic) bond motifs is 1. The molecule has 3 rings (SSSR count). The first-order valence-corrected chi connectivity index (χ1v) is 8.18. The van der Waals surface area contributed by atoms with Gasteiger partial charge in [0.2, 0.25) is 0 Å². The number of hydrogen-bond donors (Lipinski definition) is 1. The van der Waals surface area contributed by atoms with Crippen LogP contribution in [0, 0.1) is 11.3 Å². The molecule has 0 radical (unpaired) electrons. The van der Waals surface area contributed by atoms with Crippen LogP contribution in [0.2, 0.25) is 0 Å². The molecule has 0 aliphatic rings. The van der Waals surface area contributed by atoms with Crippen molar-refractivity contribution in [2.75, 3.05) is 5.75 Å². The van der Waals surface area contributed by atoms with Gasteiger partial charge < -0.3 is 4.98 Å². The molecule has 2 heterocycles. The van der Waals surface area contributed by atoms with Gasteiger partial charge in [-0.25, -0.2) is 9.97 Å². The topological polar surface area (TPSA) is 82.4 Å². The van der Waals surface area contributed by atoms with E-state index in [1.165, 1.54) is 6.20 Å². The Morgan fingerprint density at radius 2 is 2.17 bits per heavy atom. The number of nitriles is 1. The number of ketones is 1. The summed E-state index contributed by atoms with van der Waals surface area (Å²) in [5.74, 6) is 0.0202. The molecule has 2 aromatic heterocycles. The molecular formula is C17H14N4OS. The van der Waals surface area contributed by atoms with E-state index in [4.69, 9.17) is 0 Å². The Morgan fingerprint density at radius 3 is 2.83 bits per heavy atom. The number of hydrogen-bond acceptors (Lipinski definition) is 5. The maximum absolute atomic E-state index is 12.6. The van der Waals surface area contributed by atoms with E-state index in [1.807, 2.05) is 37.3 Å². The molecule has 1 atom stereocenters. The van der Waals surface area contributed by atoms with Crippen LogP contribution in [-0.2, 0) is 0 Å². The van der Waals surface area contributed by atoms with Crippen LogP contribution in [0.4, 0.5) is 0 Å². The molecule has 6 heteroatoms. The molecule has 0 saturated carbocycles. The molecule has 1 unspecified atom stereocenters. The zero-order valence-electron chi connectivity index (χ0n) is 12.5. The predicted molar refractivity (Wildman–Crippen MR) is 89.4 cm³/mol. The number of H-pyrrole nitrogens is 1. The first kappa shape index (κ1) is 15.3. The van der Waals surface area contributed by atoms with E-state index in [2.05, 4.69) is 15.0 Å². The third-order valence-electron chi connectivity index (χ3n) is 3.39. The monoisotopic (exact) mass is 322 g/mol. The lowest BCUT2D eigenvalue weighted by molar-refractivity contribution is 0.0976. The number of aromatic amines is 1. The normalized spacial score (nSPS) is 12.0. The zero-order valence-corrected chi connectivity index (χ0v) is 13.3. The average Bonchev–Trinajstić information content (AvgIpc) is 3.00. The van der Waals surface area contributed by atoms with Gasteiger partial charge in [-0.15, -0.1) is 11.8 Å². The van der Waals surface area contributed by atoms with Crippen LogP contribution in [0.3, 0.4) is 0 Å². The molecular weight excluding hydrogens is 308 g/mol. The number of imidazole rings is 1. The maximum Gasteiger partial charge on any atom is 0.189 e. The van der Waals surface area contributed by atoms with Gasteiger partial charge in [-0.05, 0) is 30.0 Å². The number of pyridine rings is 1. The molecule has 0 saturated heterocycles. The Hall–Kier alpha value is -2.65. The summed E-state index contributed by atoms with van der Waals surface area (Å²) in [6.45, 7) is 2.04. The highest BCUT2D eigenvalue weighted by molar-refractivity contribution is 7.99. The number of carbonyl (C=O) groups excluding carboxylic acids is 1. The number of carbonyl (C=O) groups is 1. The summed E-state index contributed by atoms with van der Waals surface area (Å²) >= 11 is 1.60. The summed E-state index contributed by atoms with van der Waals surface area (Å²) in [6, 6.07) is 13.0. The van der Waals surface area contributed by atoms with Crippen molar-refractivity contribution in [1.29, 1.82) is 5.26 Å². The predicted octanol–water partition coefficient (Wildman–Crippen LogP) is 3.56. The fraction of sp³-hybridized carbons (Fsp3) is 0.176. The molecule has 0 spiro atoms. The molecule has 3 aromatic rings. The van der Waals surface area contributed by atoms with Gasteiger partial charge in [0, 0.05) is 11.8 Å². The molecule has 0 fully saturated rings. The number of rotatable bonds is 5. The number of nitrogens with zero attached hydrogens (tertiary/aromatic N) is 3. The Morgan fingerprint density at radius 1 is 1.35 bits per heavy atom. The summed E-state index contributed by atoms with van der Waals surface area (Å²) in [6.07, 6.45) is 1.52. The molecule has 1 N–H and O–H groups in total. The van der Waals surface area contributed by atoms with Crippen LogP contribution in [0.15, 0.2) is 47.6 Å². The SMILES string of the molecule is CCSc1ccc(C(=O)C(C#N)c2nc3ccccc3[nH]2)cn1. The Kier molecular flexibility index (Phi) is 4.40. The largest absolute Gasteiger partial charge is 0.340 e. The number of benzene rings is 1. The lowest BCUT2D eigenvalue weighted by Gasteiger charge is -2.05. The number of thioether (sulfide) groups is 1. The fourth-order valence-corrected chi connectivity index (χ4v) is 2.87. The summed E-state index contributed by atoms with van der Waals surface area (Å²) < 4.78 is 0. The molecule has 0 amide bonds. The lowest BCUT2D eigenvalue weighted by Crippen LogP contribution is -2.13. The molecule has 0 aliphatic carbocycles. The van der Waals surface area contributed by atoms with Gasteiger partial charge in [0.05, 0.1) is 22.1 Å². The van der Waals surface area contributed by atoms with Crippen LogP contribution in [-0.4, -0.2) is 26.5 Å². The Bertz CT molecular complexity index is 846. The van der Waals surface area contributed by atoms with Crippen molar-refractivity contribution >= 4 is 28.6 Å². The second-order valence-electron chi connectivity index (χ2n) is 4.88. The highest BCUT2D eigenvalue weighted by atomic mass is 32.2. The van der Waals surface area contributed by atoms with Gasteiger partial charge >= 0.3 is 0 Å². The molecule has 0 bridgehead atoms. The van der Waals surface area contributed by atoms with Crippen molar-refractivity contribution in [2.45, 2.75) is 17.9 Å². The van der Waals surface area contributed by atoms with Gasteiger partial charge in [-0.1, -0.05) is 19.1 Å². The van der Waals surface area contributed by atoms with Crippen molar-refractivity contribution in [2.24, 2.45) is 0 Å². The molecule has 114 valence electrons. The standard InChI is InChI=1S/C17H14N4OS/c1-2-23-15-8-7-11(10-19-15)16(22)12(9-18)17-20-13-5-3-4-6-14(13)21-17/h3-8,10,12H,2H2,1H3,(H,20,21). The van der Waals surface area contributed by atoms with Crippen LogP contribution >= 0.6 is 11.8 Å². The number of nitrogens with one attached hydrogen (secondary N) is 1. The van der Waals surface area contributed by atoms with Crippen LogP contribution in [0.25, 0.3) is 11.0 Å². The van der Waals surface area contributed by atoms with Gasteiger partial charge in [0.1, 0.15) is 5.82 Å². The third-order valence-corrected chi connectivity index (χ3v) is 4.21. The lowest BCUT2D eigenvalue weighted by atomic mass is 10.00. The van der Waals surface area contributed by atoms with Crippen molar-refractivity contribution in [3.8, 4) is 6.07 Å². The van der Waals surface area contributed by atoms with Gasteiger partial charge in [0.25, 0.3) is 0 Å². The van der Waals surface area contributed by atoms with E-state index < -0.39 is 5.92 Å². The minimum atomic E-state index is -0.964. The molecule has 5 nitrogen and oxygen atoms in total. The minimum absolute atomic E-state index is 0.299. The zero-order chi connectivity index (χ0) is 16.2. The van der Waals surface area contributed by atoms with Crippen molar-refractivity contribution in [3.05, 3.63) is 54.0 Å². The first-order valence-electron chi connectivity index (χ1n) is 7.20. The minimum Gasteiger partial charge on any atom is -0.340 e. The average molecular weight is 322 g/mol. The highest BCUT2D eigenvalue weighted by Gasteiger charge is 2.25. The van der Waals surface area contributed by atoms with E-state index in [0.29, 0.717) is 11.4 Å². The van der Waals surface area contributed by atoms with E-state index >= 15 is 0 Å². The molecule has 23 heavy (non-hydrogen) atoms. The van der Waals surface area contributed by atoms with Gasteiger partial charge in [-0.2, -0.15) is 5.26 Å². The van der Waals surface area contributed by atoms with E-state index in [-0.39, 0.29) is 5.78 Å².